The highest BCUT2D eigenvalue weighted by Crippen LogP contribution is 2.42. The number of allylic oxidation sites excluding steroid dienone is 3. The Balaban J connectivity index is 0.000000258. The summed E-state index contributed by atoms with van der Waals surface area (Å²) in [5.74, 6) is 0.292. The molecule has 5 nitrogen and oxygen atoms in total. The third kappa shape index (κ3) is 4.73. The molecule has 0 radical (unpaired) electrons. The lowest BCUT2D eigenvalue weighted by Crippen LogP contribution is -2.31. The van der Waals surface area contributed by atoms with Crippen LogP contribution < -0.4 is 10.6 Å². The molecule has 1 aliphatic carbocycles. The lowest BCUT2D eigenvalue weighted by Gasteiger charge is -2.36. The zero-order valence-corrected chi connectivity index (χ0v) is 18.0. The summed E-state index contributed by atoms with van der Waals surface area (Å²) in [5.41, 5.74) is 6.59. The largest absolute Gasteiger partial charge is 0.394 e. The highest BCUT2D eigenvalue weighted by atomic mass is 16.1. The van der Waals surface area contributed by atoms with Crippen molar-refractivity contribution in [3.63, 3.8) is 0 Å². The molecule has 1 aromatic carbocycles. The van der Waals surface area contributed by atoms with Crippen LogP contribution in [0.3, 0.4) is 0 Å². The number of ketones is 1. The first-order valence-corrected chi connectivity index (χ1v) is 9.99. The number of nitrogens with zero attached hydrogens (tertiary/aromatic N) is 2. The molecule has 0 amide bonds. The standard InChI is InChI=1S/C18H18N2O.C6H12N2/c1-18(2)9-16-13(17(21)10-18)8-12-11-4-3-7-19-14(11)5-6-15(12)20-16;1-6(4-7-2)5-8-3/h3-7,20H,8-10H2,1-2H3;4-5,7H,1-3H3/b;6-4-,8-5?. The van der Waals surface area contributed by atoms with Crippen LogP contribution >= 0.6 is 0 Å². The predicted octanol–water partition coefficient (Wildman–Crippen LogP) is 4.66. The first-order valence-electron chi connectivity index (χ1n) is 9.99. The first-order chi connectivity index (χ1) is 13.8. The molecule has 2 heterocycles. The molecule has 152 valence electrons. The molecule has 0 saturated heterocycles. The van der Waals surface area contributed by atoms with Crippen LogP contribution in [-0.4, -0.2) is 31.1 Å². The molecule has 5 heteroatoms. The van der Waals surface area contributed by atoms with Gasteiger partial charge in [0.2, 0.25) is 0 Å². The van der Waals surface area contributed by atoms with E-state index in [1.807, 2.05) is 38.5 Å². The fraction of sp³-hybridized carbons (Fsp3) is 0.375. The number of carbonyl (C=O) groups excluding carboxylic acids is 1. The van der Waals surface area contributed by atoms with Crippen molar-refractivity contribution in [2.24, 2.45) is 10.4 Å². The molecule has 0 unspecified atom stereocenters. The highest BCUT2D eigenvalue weighted by molar-refractivity contribution is 6.01. The molecule has 2 aromatic rings. The number of hydrogen-bond donors (Lipinski definition) is 2. The molecule has 0 atom stereocenters. The second-order valence-corrected chi connectivity index (χ2v) is 8.43. The molecule has 1 aromatic heterocycles. The van der Waals surface area contributed by atoms with Crippen molar-refractivity contribution in [3.8, 4) is 0 Å². The van der Waals surface area contributed by atoms with Crippen LogP contribution in [0.5, 0.6) is 0 Å². The van der Waals surface area contributed by atoms with Crippen molar-refractivity contribution < 1.29 is 4.79 Å². The van der Waals surface area contributed by atoms with Gasteiger partial charge in [-0.25, -0.2) is 0 Å². The number of benzene rings is 1. The van der Waals surface area contributed by atoms with E-state index in [0.29, 0.717) is 12.2 Å². The van der Waals surface area contributed by atoms with Gasteiger partial charge in [-0.05, 0) is 48.1 Å². The maximum Gasteiger partial charge on any atom is 0.161 e. The van der Waals surface area contributed by atoms with E-state index in [9.17, 15) is 4.79 Å². The second kappa shape index (κ2) is 8.60. The summed E-state index contributed by atoms with van der Waals surface area (Å²) < 4.78 is 0. The molecular formula is C24H30N4O. The van der Waals surface area contributed by atoms with Gasteiger partial charge in [0.1, 0.15) is 0 Å². The van der Waals surface area contributed by atoms with E-state index in [1.54, 1.807) is 13.3 Å². The SMILES string of the molecule is CC1(C)CC(=O)C2=C(C1)Nc1ccc3ncccc3c1C2.CN=C/C(C)=C\NC. The quantitative estimate of drug-likeness (QED) is 0.732. The van der Waals surface area contributed by atoms with Gasteiger partial charge in [-0.1, -0.05) is 19.9 Å². The van der Waals surface area contributed by atoms with Gasteiger partial charge in [0.05, 0.1) is 5.52 Å². The minimum absolute atomic E-state index is 0.0544. The van der Waals surface area contributed by atoms with Crippen LogP contribution in [0.4, 0.5) is 5.69 Å². The fourth-order valence-electron chi connectivity index (χ4n) is 4.01. The molecule has 2 N–H and O–H groups in total. The minimum atomic E-state index is 0.0544. The smallest absolute Gasteiger partial charge is 0.161 e. The molecule has 0 saturated carbocycles. The van der Waals surface area contributed by atoms with Crippen LogP contribution in [0, 0.1) is 5.41 Å². The average molecular weight is 391 g/mol. The van der Waals surface area contributed by atoms with Crippen molar-refractivity contribution in [2.45, 2.75) is 40.0 Å². The summed E-state index contributed by atoms with van der Waals surface area (Å²) in [5, 5.41) is 7.55. The second-order valence-electron chi connectivity index (χ2n) is 8.43. The Morgan fingerprint density at radius 1 is 1.28 bits per heavy atom. The number of pyridine rings is 1. The zero-order valence-electron chi connectivity index (χ0n) is 18.0. The summed E-state index contributed by atoms with van der Waals surface area (Å²) in [6.45, 7) is 6.32. The van der Waals surface area contributed by atoms with Crippen LogP contribution in [-0.2, 0) is 11.2 Å². The van der Waals surface area contributed by atoms with E-state index in [0.717, 1.165) is 46.3 Å². The average Bonchev–Trinajstić information content (AvgIpc) is 2.67. The Morgan fingerprint density at radius 3 is 2.79 bits per heavy atom. The zero-order chi connectivity index (χ0) is 21.0. The lowest BCUT2D eigenvalue weighted by molar-refractivity contribution is -0.118. The molecule has 0 fully saturated rings. The first kappa shape index (κ1) is 20.8. The number of rotatable bonds is 2. The molecule has 0 spiro atoms. The Morgan fingerprint density at radius 2 is 2.07 bits per heavy atom. The van der Waals surface area contributed by atoms with Crippen molar-refractivity contribution in [2.75, 3.05) is 19.4 Å². The number of fused-ring (bicyclic) bond motifs is 3. The topological polar surface area (TPSA) is 66.4 Å². The number of carbonyl (C=O) groups is 1. The number of nitrogens with one attached hydrogen (secondary N) is 2. The third-order valence-corrected chi connectivity index (χ3v) is 5.24. The van der Waals surface area contributed by atoms with E-state index in [2.05, 4.69) is 46.6 Å². The summed E-state index contributed by atoms with van der Waals surface area (Å²) >= 11 is 0. The monoisotopic (exact) mass is 390 g/mol. The van der Waals surface area contributed by atoms with Crippen LogP contribution in [0.2, 0.25) is 0 Å². The van der Waals surface area contributed by atoms with Gasteiger partial charge >= 0.3 is 0 Å². The van der Waals surface area contributed by atoms with Crippen molar-refractivity contribution in [3.05, 3.63) is 59.1 Å². The van der Waals surface area contributed by atoms with Crippen LogP contribution in [0.15, 0.2) is 58.5 Å². The van der Waals surface area contributed by atoms with Gasteiger partial charge in [-0.15, -0.1) is 0 Å². The van der Waals surface area contributed by atoms with Gasteiger partial charge in [-0.2, -0.15) is 0 Å². The maximum atomic E-state index is 12.5. The number of aromatic nitrogens is 1. The van der Waals surface area contributed by atoms with E-state index in [1.165, 1.54) is 5.56 Å². The Hall–Kier alpha value is -2.95. The molecule has 4 rings (SSSR count). The normalized spacial score (nSPS) is 18.0. The third-order valence-electron chi connectivity index (χ3n) is 5.24. The molecule has 29 heavy (non-hydrogen) atoms. The predicted molar refractivity (Wildman–Crippen MR) is 121 cm³/mol. The van der Waals surface area contributed by atoms with Crippen molar-refractivity contribution >= 4 is 28.6 Å². The van der Waals surface area contributed by atoms with Crippen molar-refractivity contribution in [1.29, 1.82) is 0 Å². The van der Waals surface area contributed by atoms with E-state index >= 15 is 0 Å². The minimum Gasteiger partial charge on any atom is -0.394 e. The van der Waals surface area contributed by atoms with Gasteiger partial charge in [-0.3, -0.25) is 14.8 Å². The van der Waals surface area contributed by atoms with Crippen LogP contribution in [0.1, 0.15) is 39.2 Å². The number of hydrogen-bond acceptors (Lipinski definition) is 5. The summed E-state index contributed by atoms with van der Waals surface area (Å²) in [6.07, 6.45) is 7.83. The fourth-order valence-corrected chi connectivity index (χ4v) is 4.01. The van der Waals surface area contributed by atoms with Crippen LogP contribution in [0.25, 0.3) is 10.9 Å². The van der Waals surface area contributed by atoms with Gasteiger partial charge in [0.25, 0.3) is 0 Å². The van der Waals surface area contributed by atoms with Gasteiger partial charge < -0.3 is 10.6 Å². The van der Waals surface area contributed by atoms with E-state index in [4.69, 9.17) is 0 Å². The van der Waals surface area contributed by atoms with E-state index in [-0.39, 0.29) is 5.41 Å². The highest BCUT2D eigenvalue weighted by Gasteiger charge is 2.35. The summed E-state index contributed by atoms with van der Waals surface area (Å²) in [4.78, 5) is 20.7. The van der Waals surface area contributed by atoms with Gasteiger partial charge in [0, 0.05) is 67.9 Å². The number of anilines is 1. The summed E-state index contributed by atoms with van der Waals surface area (Å²) in [7, 11) is 3.62. The molecule has 2 aliphatic rings. The van der Waals surface area contributed by atoms with Crippen molar-refractivity contribution in [1.82, 2.24) is 10.3 Å². The summed E-state index contributed by atoms with van der Waals surface area (Å²) in [6, 6.07) is 8.17. The Labute approximate surface area is 173 Å². The van der Waals surface area contributed by atoms with E-state index < -0.39 is 0 Å². The molecule has 1 aliphatic heterocycles. The number of Topliss-reactive ketones (excluding diaryl/α,β-unsaturated/α-hetero) is 1. The number of aliphatic imine (C=N–C) groups is 1. The Bertz CT molecular complexity index is 1010. The molecular weight excluding hydrogens is 360 g/mol. The lowest BCUT2D eigenvalue weighted by atomic mass is 9.73. The maximum absolute atomic E-state index is 12.5. The molecule has 0 bridgehead atoms. The van der Waals surface area contributed by atoms with Gasteiger partial charge in [0.15, 0.2) is 5.78 Å². The Kier molecular flexibility index (Phi) is 6.16.